The van der Waals surface area contributed by atoms with Crippen molar-refractivity contribution in [1.29, 1.82) is 0 Å². The Balaban J connectivity index is 1.08. The zero-order valence-electron chi connectivity index (χ0n) is 49.8. The average Bonchev–Trinajstić information content (AvgIpc) is 1.23. The predicted molar refractivity (Wildman–Crippen MR) is 342 cm³/mol. The Hall–Kier alpha value is -9.88. The van der Waals surface area contributed by atoms with E-state index in [1.54, 1.807) is 82.0 Å². The molecule has 10 aromatic carbocycles. The first kappa shape index (κ1) is 60.2. The first-order valence-corrected chi connectivity index (χ1v) is 30.8. The number of carbonyl (C=O) groups is 2. The topological polar surface area (TPSA) is 128 Å². The van der Waals surface area contributed by atoms with Gasteiger partial charge in [-0.15, -0.1) is 0 Å². The van der Waals surface area contributed by atoms with Crippen molar-refractivity contribution in [3.05, 3.63) is 298 Å². The maximum Gasteiger partial charge on any atom is 0.343 e. The van der Waals surface area contributed by atoms with E-state index in [0.717, 1.165) is 32.6 Å². The van der Waals surface area contributed by atoms with Gasteiger partial charge in [0.15, 0.2) is 0 Å². The second-order valence-electron chi connectivity index (χ2n) is 22.2. The standard InChI is InChI=1S/C75H70O11Si/c1-75(2,3)87(67-33-21-11-22-34-67,68-35-23-12-24-36-68)84-51-62-48-65(83-50-53-27-15-8-16-28-53)45-59(72(62)81-6)41-61-47-66(86-74(78)55-31-19-10-20-32-55)46-60(71(61)80-5)40-58-44-64(82-49-52-25-13-7-14-26-52)43-57(70(58)79-4)39-56-42-63(37-38-69(56)76)85-73(77)54-29-17-9-18-30-54/h7-38,42-48,76H,39-41,49-51H2,1-6H3. The average molecular weight is 1180 g/mol. The SMILES string of the molecule is COc1c(CO[Si](c2ccccc2)(c2ccccc2)C(C)(C)C)cc(OCc2ccccc2)cc1Cc1cc(OC(=O)c2ccccc2)cc(Cc2cc(OCc3ccccc3)cc(Cc3cc(OC(=O)c4ccccc4)ccc3O)c2OC)c1OC. The van der Waals surface area contributed by atoms with Gasteiger partial charge in [-0.05, 0) is 105 Å². The van der Waals surface area contributed by atoms with Gasteiger partial charge in [-0.2, -0.15) is 0 Å². The van der Waals surface area contributed by atoms with Gasteiger partial charge in [-0.3, -0.25) is 0 Å². The molecule has 0 aliphatic heterocycles. The molecule has 0 aromatic heterocycles. The van der Waals surface area contributed by atoms with E-state index in [2.05, 4.69) is 69.3 Å². The normalized spacial score (nSPS) is 11.3. The lowest BCUT2D eigenvalue weighted by Gasteiger charge is -2.43. The van der Waals surface area contributed by atoms with E-state index in [1.165, 1.54) is 6.07 Å². The number of aromatic hydroxyl groups is 1. The minimum atomic E-state index is -3.06. The van der Waals surface area contributed by atoms with Crippen molar-refractivity contribution in [3.63, 3.8) is 0 Å². The number of ether oxygens (including phenoxy) is 7. The van der Waals surface area contributed by atoms with Crippen LogP contribution in [0.2, 0.25) is 5.04 Å². The lowest BCUT2D eigenvalue weighted by atomic mass is 9.93. The van der Waals surface area contributed by atoms with E-state index < -0.39 is 20.3 Å². The summed E-state index contributed by atoms with van der Waals surface area (Å²) in [6.07, 6.45) is 0.585. The summed E-state index contributed by atoms with van der Waals surface area (Å²) in [5.74, 6) is 2.25. The molecule has 0 aliphatic rings. The highest BCUT2D eigenvalue weighted by Gasteiger charge is 2.50. The molecule has 0 saturated heterocycles. The van der Waals surface area contributed by atoms with E-state index in [4.69, 9.17) is 37.6 Å². The summed E-state index contributed by atoms with van der Waals surface area (Å²) < 4.78 is 52.2. The number of phenolic OH excluding ortho intramolecular Hbond substituents is 1. The molecule has 11 nitrogen and oxygen atoms in total. The van der Waals surface area contributed by atoms with Crippen molar-refractivity contribution >= 4 is 30.6 Å². The number of rotatable bonds is 24. The molecule has 1 N–H and O–H groups in total. The van der Waals surface area contributed by atoms with Crippen LogP contribution < -0.4 is 43.5 Å². The number of benzene rings is 10. The molecule has 0 saturated carbocycles. The molecule has 87 heavy (non-hydrogen) atoms. The van der Waals surface area contributed by atoms with Gasteiger partial charge in [0.25, 0.3) is 8.32 Å². The third-order valence-electron chi connectivity index (χ3n) is 15.3. The fourth-order valence-electron chi connectivity index (χ4n) is 11.2. The Bertz CT molecular complexity index is 3890. The zero-order valence-corrected chi connectivity index (χ0v) is 50.8. The maximum atomic E-state index is 14.1. The third kappa shape index (κ3) is 14.4. The monoisotopic (exact) mass is 1170 g/mol. The van der Waals surface area contributed by atoms with Crippen LogP contribution in [0.1, 0.15) is 91.6 Å². The highest BCUT2D eigenvalue weighted by Crippen LogP contribution is 2.43. The highest BCUT2D eigenvalue weighted by molar-refractivity contribution is 6.99. The largest absolute Gasteiger partial charge is 0.508 e. The predicted octanol–water partition coefficient (Wildman–Crippen LogP) is 14.9. The van der Waals surface area contributed by atoms with E-state index >= 15 is 0 Å². The Morgan fingerprint density at radius 1 is 0.379 bits per heavy atom. The highest BCUT2D eigenvalue weighted by atomic mass is 28.4. The molecule has 0 atom stereocenters. The maximum absolute atomic E-state index is 14.1. The Kier molecular flexibility index (Phi) is 19.3. The Morgan fingerprint density at radius 2 is 0.713 bits per heavy atom. The van der Waals surface area contributed by atoms with Crippen LogP contribution in [0.15, 0.2) is 237 Å². The van der Waals surface area contributed by atoms with Gasteiger partial charge in [-0.25, -0.2) is 9.59 Å². The summed E-state index contributed by atoms with van der Waals surface area (Å²) in [6.45, 7) is 7.53. The summed E-state index contributed by atoms with van der Waals surface area (Å²) in [7, 11) is 1.83. The quantitative estimate of drug-likeness (QED) is 0.0353. The molecule has 0 heterocycles. The van der Waals surface area contributed by atoms with Gasteiger partial charge in [0.1, 0.15) is 59.2 Å². The molecule has 0 amide bonds. The lowest BCUT2D eigenvalue weighted by molar-refractivity contribution is 0.0725. The van der Waals surface area contributed by atoms with Gasteiger partial charge < -0.3 is 42.7 Å². The van der Waals surface area contributed by atoms with Crippen molar-refractivity contribution in [1.82, 2.24) is 0 Å². The second-order valence-corrected chi connectivity index (χ2v) is 26.5. The second kappa shape index (κ2) is 27.9. The van der Waals surface area contributed by atoms with Crippen LogP contribution in [0.4, 0.5) is 0 Å². The van der Waals surface area contributed by atoms with E-state index in [-0.39, 0.29) is 54.8 Å². The number of carbonyl (C=O) groups excluding carboxylic acids is 2. The number of hydrogen-bond donors (Lipinski definition) is 1. The van der Waals surface area contributed by atoms with Crippen LogP contribution >= 0.6 is 0 Å². The molecule has 440 valence electrons. The zero-order chi connectivity index (χ0) is 60.8. The number of esters is 2. The van der Waals surface area contributed by atoms with Crippen LogP contribution in [0.3, 0.4) is 0 Å². The molecule has 0 bridgehead atoms. The molecule has 0 fully saturated rings. The van der Waals surface area contributed by atoms with Crippen LogP contribution in [0.5, 0.6) is 46.0 Å². The van der Waals surface area contributed by atoms with Gasteiger partial charge in [0.05, 0.1) is 39.1 Å². The summed E-state index contributed by atoms with van der Waals surface area (Å²) in [4.78, 5) is 27.3. The molecule has 0 aliphatic carbocycles. The summed E-state index contributed by atoms with van der Waals surface area (Å²) in [6, 6.07) is 74.7. The molecule has 0 unspecified atom stereocenters. The fourth-order valence-corrected chi connectivity index (χ4v) is 15.8. The first-order chi connectivity index (χ1) is 42.3. The van der Waals surface area contributed by atoms with Crippen molar-refractivity contribution in [3.8, 4) is 46.0 Å². The summed E-state index contributed by atoms with van der Waals surface area (Å²) in [5, 5.41) is 13.4. The molecular formula is C75H70O11Si. The van der Waals surface area contributed by atoms with Crippen LogP contribution in [-0.4, -0.2) is 46.7 Å². The smallest absolute Gasteiger partial charge is 0.343 e. The van der Waals surface area contributed by atoms with Crippen LogP contribution in [-0.2, 0) is 43.5 Å². The molecule has 10 aromatic rings. The molecule has 12 heteroatoms. The van der Waals surface area contributed by atoms with E-state index in [9.17, 15) is 14.7 Å². The molecule has 0 spiro atoms. The van der Waals surface area contributed by atoms with Crippen LogP contribution in [0.25, 0.3) is 0 Å². The Morgan fingerprint density at radius 3 is 1.11 bits per heavy atom. The Labute approximate surface area is 510 Å². The molecule has 0 radical (unpaired) electrons. The van der Waals surface area contributed by atoms with Gasteiger partial charge >= 0.3 is 11.9 Å². The van der Waals surface area contributed by atoms with Crippen molar-refractivity contribution in [2.75, 3.05) is 21.3 Å². The minimum absolute atomic E-state index is 0.00404. The third-order valence-corrected chi connectivity index (χ3v) is 20.2. The van der Waals surface area contributed by atoms with Crippen molar-refractivity contribution in [2.45, 2.75) is 64.9 Å². The van der Waals surface area contributed by atoms with Gasteiger partial charge in [0, 0.05) is 58.2 Å². The van der Waals surface area contributed by atoms with Crippen molar-refractivity contribution in [2.24, 2.45) is 0 Å². The van der Waals surface area contributed by atoms with Crippen molar-refractivity contribution < 1.29 is 52.3 Å². The van der Waals surface area contributed by atoms with Crippen LogP contribution in [0, 0.1) is 0 Å². The van der Waals surface area contributed by atoms with E-state index in [0.29, 0.717) is 74.3 Å². The van der Waals surface area contributed by atoms with Gasteiger partial charge in [0.2, 0.25) is 0 Å². The number of phenols is 1. The first-order valence-electron chi connectivity index (χ1n) is 28.9. The number of hydrogen-bond acceptors (Lipinski definition) is 11. The van der Waals surface area contributed by atoms with Gasteiger partial charge in [-0.1, -0.05) is 178 Å². The lowest BCUT2D eigenvalue weighted by Crippen LogP contribution is -2.66. The fraction of sp³-hybridized carbons (Fsp3) is 0.173. The minimum Gasteiger partial charge on any atom is -0.508 e. The summed E-state index contributed by atoms with van der Waals surface area (Å²) in [5.41, 5.74) is 7.50. The molecule has 10 rings (SSSR count). The number of methoxy groups -OCH3 is 3. The van der Waals surface area contributed by atoms with E-state index in [1.807, 2.05) is 121 Å². The molecular weight excluding hydrogens is 1100 g/mol. The summed E-state index contributed by atoms with van der Waals surface area (Å²) >= 11 is 0.